The van der Waals surface area contributed by atoms with Crippen molar-refractivity contribution in [2.24, 2.45) is 0 Å². The molecule has 0 unspecified atom stereocenters. The Hall–Kier alpha value is -1.65. The summed E-state index contributed by atoms with van der Waals surface area (Å²) in [5.74, 6) is -0.958. The maximum atomic E-state index is 11.4. The van der Waals surface area contributed by atoms with Crippen molar-refractivity contribution in [1.82, 2.24) is 9.88 Å². The first-order chi connectivity index (χ1) is 9.55. The fraction of sp³-hybridized carbons (Fsp3) is 0.333. The van der Waals surface area contributed by atoms with Gasteiger partial charge in [-0.25, -0.2) is 4.79 Å². The third-order valence-electron chi connectivity index (χ3n) is 3.33. The van der Waals surface area contributed by atoms with Crippen LogP contribution in [-0.2, 0) is 6.54 Å². The van der Waals surface area contributed by atoms with Gasteiger partial charge in [-0.2, -0.15) is 0 Å². The number of carboxylic acid groups (broad SMARTS) is 1. The summed E-state index contributed by atoms with van der Waals surface area (Å²) < 4.78 is 0. The summed E-state index contributed by atoms with van der Waals surface area (Å²) in [7, 11) is 0. The van der Waals surface area contributed by atoms with Crippen LogP contribution in [0, 0.1) is 0 Å². The van der Waals surface area contributed by atoms with Gasteiger partial charge in [0.05, 0.1) is 16.8 Å². The highest BCUT2D eigenvalue weighted by Crippen LogP contribution is 2.23. The molecule has 2 aromatic rings. The minimum atomic E-state index is -0.958. The molecule has 1 aromatic carbocycles. The van der Waals surface area contributed by atoms with Gasteiger partial charge in [0.15, 0.2) is 0 Å². The Balaban J connectivity index is 2.53. The van der Waals surface area contributed by atoms with E-state index in [9.17, 15) is 9.90 Å². The molecule has 0 aliphatic rings. The van der Waals surface area contributed by atoms with Gasteiger partial charge >= 0.3 is 5.97 Å². The molecule has 0 radical (unpaired) electrons. The van der Waals surface area contributed by atoms with E-state index in [4.69, 9.17) is 11.6 Å². The van der Waals surface area contributed by atoms with E-state index in [0.29, 0.717) is 22.5 Å². The molecule has 1 heterocycles. The molecule has 0 atom stereocenters. The van der Waals surface area contributed by atoms with Crippen LogP contribution in [0.1, 0.15) is 29.9 Å². The number of carboxylic acids is 1. The first-order valence-electron chi connectivity index (χ1n) is 6.60. The zero-order valence-electron chi connectivity index (χ0n) is 11.6. The zero-order valence-corrected chi connectivity index (χ0v) is 12.3. The van der Waals surface area contributed by atoms with Gasteiger partial charge in [0.2, 0.25) is 0 Å². The fourth-order valence-corrected chi connectivity index (χ4v) is 2.36. The van der Waals surface area contributed by atoms with Crippen molar-refractivity contribution in [3.63, 3.8) is 0 Å². The van der Waals surface area contributed by atoms with Crippen molar-refractivity contribution in [3.8, 4) is 0 Å². The predicted molar refractivity (Wildman–Crippen MR) is 80.3 cm³/mol. The number of hydrogen-bond donors (Lipinski definition) is 1. The molecular weight excluding hydrogens is 276 g/mol. The van der Waals surface area contributed by atoms with Gasteiger partial charge in [-0.3, -0.25) is 9.88 Å². The summed E-state index contributed by atoms with van der Waals surface area (Å²) in [6.07, 6.45) is 0. The number of halogens is 1. The van der Waals surface area contributed by atoms with Crippen LogP contribution in [-0.4, -0.2) is 34.0 Å². The lowest BCUT2D eigenvalue weighted by Gasteiger charge is -2.18. The minimum absolute atomic E-state index is 0.250. The molecule has 0 amide bonds. The SMILES string of the molecule is CCN(CC)Cc1cc(C(=O)O)c2cc(Cl)ccc2n1. The largest absolute Gasteiger partial charge is 0.478 e. The van der Waals surface area contributed by atoms with Crippen LogP contribution in [0.4, 0.5) is 0 Å². The second-order valence-electron chi connectivity index (χ2n) is 4.59. The maximum Gasteiger partial charge on any atom is 0.336 e. The summed E-state index contributed by atoms with van der Waals surface area (Å²) in [5, 5.41) is 10.5. The number of benzene rings is 1. The van der Waals surface area contributed by atoms with Crippen LogP contribution in [0.2, 0.25) is 5.02 Å². The zero-order chi connectivity index (χ0) is 14.7. The van der Waals surface area contributed by atoms with Gasteiger partial charge in [0, 0.05) is 17.0 Å². The number of nitrogens with zero attached hydrogens (tertiary/aromatic N) is 2. The van der Waals surface area contributed by atoms with E-state index in [1.54, 1.807) is 24.3 Å². The first kappa shape index (κ1) is 14.8. The van der Waals surface area contributed by atoms with Crippen LogP contribution in [0.3, 0.4) is 0 Å². The van der Waals surface area contributed by atoms with Gasteiger partial charge in [-0.1, -0.05) is 25.4 Å². The van der Waals surface area contributed by atoms with E-state index in [1.807, 2.05) is 0 Å². The normalized spacial score (nSPS) is 11.2. The van der Waals surface area contributed by atoms with Crippen molar-refractivity contribution in [1.29, 1.82) is 0 Å². The Labute approximate surface area is 123 Å². The lowest BCUT2D eigenvalue weighted by atomic mass is 10.1. The Bertz CT molecular complexity index is 639. The van der Waals surface area contributed by atoms with Gasteiger partial charge < -0.3 is 5.11 Å². The molecule has 0 fully saturated rings. The van der Waals surface area contributed by atoms with E-state index in [0.717, 1.165) is 18.8 Å². The summed E-state index contributed by atoms with van der Waals surface area (Å²) in [5.41, 5.74) is 1.68. The number of aromatic carboxylic acids is 1. The molecular formula is C15H17ClN2O2. The Kier molecular flexibility index (Phi) is 4.57. The molecule has 1 aromatic heterocycles. The average Bonchev–Trinajstić information content (AvgIpc) is 2.44. The highest BCUT2D eigenvalue weighted by atomic mass is 35.5. The highest BCUT2D eigenvalue weighted by Gasteiger charge is 2.13. The number of rotatable bonds is 5. The van der Waals surface area contributed by atoms with Crippen molar-refractivity contribution in [2.75, 3.05) is 13.1 Å². The first-order valence-corrected chi connectivity index (χ1v) is 6.97. The lowest BCUT2D eigenvalue weighted by Crippen LogP contribution is -2.23. The molecule has 2 rings (SSSR count). The molecule has 5 heteroatoms. The van der Waals surface area contributed by atoms with E-state index in [-0.39, 0.29) is 5.56 Å². The molecule has 0 saturated heterocycles. The topological polar surface area (TPSA) is 53.4 Å². The summed E-state index contributed by atoms with van der Waals surface area (Å²) >= 11 is 5.94. The second kappa shape index (κ2) is 6.20. The number of carbonyl (C=O) groups is 1. The van der Waals surface area contributed by atoms with Crippen molar-refractivity contribution in [2.45, 2.75) is 20.4 Å². The van der Waals surface area contributed by atoms with Gasteiger partial charge in [-0.15, -0.1) is 0 Å². The van der Waals surface area contributed by atoms with Crippen molar-refractivity contribution in [3.05, 3.63) is 40.5 Å². The van der Waals surface area contributed by atoms with E-state index in [2.05, 4.69) is 23.7 Å². The third kappa shape index (κ3) is 3.08. The van der Waals surface area contributed by atoms with Crippen LogP contribution in [0.15, 0.2) is 24.3 Å². The summed E-state index contributed by atoms with van der Waals surface area (Å²) in [6, 6.07) is 6.77. The third-order valence-corrected chi connectivity index (χ3v) is 3.57. The Morgan fingerprint density at radius 1 is 1.30 bits per heavy atom. The van der Waals surface area contributed by atoms with Gasteiger partial charge in [-0.05, 0) is 37.4 Å². The number of fused-ring (bicyclic) bond motifs is 1. The van der Waals surface area contributed by atoms with E-state index in [1.165, 1.54) is 0 Å². The van der Waals surface area contributed by atoms with Crippen LogP contribution in [0.25, 0.3) is 10.9 Å². The lowest BCUT2D eigenvalue weighted by molar-refractivity contribution is 0.0698. The number of aromatic nitrogens is 1. The summed E-state index contributed by atoms with van der Waals surface area (Å²) in [4.78, 5) is 18.1. The summed E-state index contributed by atoms with van der Waals surface area (Å²) in [6.45, 7) is 6.59. The van der Waals surface area contributed by atoms with Crippen LogP contribution >= 0.6 is 11.6 Å². The Morgan fingerprint density at radius 2 is 2.00 bits per heavy atom. The monoisotopic (exact) mass is 292 g/mol. The van der Waals surface area contributed by atoms with Crippen molar-refractivity contribution >= 4 is 28.5 Å². The average molecular weight is 293 g/mol. The highest BCUT2D eigenvalue weighted by molar-refractivity contribution is 6.31. The van der Waals surface area contributed by atoms with E-state index >= 15 is 0 Å². The Morgan fingerprint density at radius 3 is 2.60 bits per heavy atom. The molecule has 106 valence electrons. The molecule has 20 heavy (non-hydrogen) atoms. The molecule has 0 bridgehead atoms. The van der Waals surface area contributed by atoms with E-state index < -0.39 is 5.97 Å². The molecule has 4 nitrogen and oxygen atoms in total. The molecule has 0 aliphatic carbocycles. The standard InChI is InChI=1S/C15H17ClN2O2/c1-3-18(4-2)9-11-8-13(15(19)20)12-7-10(16)5-6-14(12)17-11/h5-8H,3-4,9H2,1-2H3,(H,19,20). The van der Waals surface area contributed by atoms with Gasteiger partial charge in [0.1, 0.15) is 0 Å². The van der Waals surface area contributed by atoms with Crippen molar-refractivity contribution < 1.29 is 9.90 Å². The van der Waals surface area contributed by atoms with Crippen LogP contribution in [0.5, 0.6) is 0 Å². The minimum Gasteiger partial charge on any atom is -0.478 e. The fourth-order valence-electron chi connectivity index (χ4n) is 2.19. The van der Waals surface area contributed by atoms with Gasteiger partial charge in [0.25, 0.3) is 0 Å². The molecule has 1 N–H and O–H groups in total. The maximum absolute atomic E-state index is 11.4. The smallest absolute Gasteiger partial charge is 0.336 e. The number of pyridine rings is 1. The van der Waals surface area contributed by atoms with Crippen LogP contribution < -0.4 is 0 Å². The number of hydrogen-bond acceptors (Lipinski definition) is 3. The second-order valence-corrected chi connectivity index (χ2v) is 5.03. The quantitative estimate of drug-likeness (QED) is 0.917. The molecule has 0 aliphatic heterocycles. The molecule has 0 spiro atoms. The molecule has 0 saturated carbocycles. The predicted octanol–water partition coefficient (Wildman–Crippen LogP) is 3.43.